The zero-order valence-electron chi connectivity index (χ0n) is 8.72. The quantitative estimate of drug-likeness (QED) is 0.764. The van der Waals surface area contributed by atoms with E-state index in [-0.39, 0.29) is 11.7 Å². The molecule has 0 saturated heterocycles. The number of carbonyl (C=O) groups excluding carboxylic acids is 2. The maximum absolute atomic E-state index is 11.3. The van der Waals surface area contributed by atoms with E-state index in [1.807, 2.05) is 13.8 Å². The molecule has 3 nitrogen and oxygen atoms in total. The monoisotopic (exact) mass is 211 g/mol. The average Bonchev–Trinajstić information content (AvgIpc) is 2.25. The Morgan fingerprint density at radius 1 is 1.14 bits per heavy atom. The molecule has 0 unspecified atom stereocenters. The van der Waals surface area contributed by atoms with E-state index in [1.165, 1.54) is 25.2 Å². The molecule has 0 aliphatic carbocycles. The van der Waals surface area contributed by atoms with E-state index >= 15 is 0 Å². The molecule has 0 aliphatic rings. The van der Waals surface area contributed by atoms with Crippen LogP contribution in [-0.4, -0.2) is 11.7 Å². The predicted octanol–water partition coefficient (Wildman–Crippen LogP) is 2.53. The summed E-state index contributed by atoms with van der Waals surface area (Å²) in [5, 5.41) is 2.69. The van der Waals surface area contributed by atoms with E-state index in [2.05, 4.69) is 5.32 Å². The molecule has 1 N–H and O–H groups in total. The number of aryl methyl sites for hydroxylation is 2. The van der Waals surface area contributed by atoms with Crippen molar-refractivity contribution in [2.24, 2.45) is 0 Å². The van der Waals surface area contributed by atoms with Gasteiger partial charge < -0.3 is 5.32 Å². The number of nitrogens with one attached hydrogen (secondary N) is 1. The second kappa shape index (κ2) is 3.92. The zero-order chi connectivity index (χ0) is 10.9. The molecule has 0 bridgehead atoms. The van der Waals surface area contributed by atoms with Gasteiger partial charge in [0.15, 0.2) is 5.78 Å². The van der Waals surface area contributed by atoms with E-state index in [0.29, 0.717) is 11.3 Å². The Morgan fingerprint density at radius 2 is 1.71 bits per heavy atom. The van der Waals surface area contributed by atoms with Gasteiger partial charge in [0.1, 0.15) is 0 Å². The third kappa shape index (κ3) is 2.01. The van der Waals surface area contributed by atoms with Crippen LogP contribution in [0.3, 0.4) is 0 Å². The highest BCUT2D eigenvalue weighted by Gasteiger charge is 2.17. The highest BCUT2D eigenvalue weighted by atomic mass is 32.1. The second-order valence-corrected chi connectivity index (χ2v) is 4.63. The van der Waals surface area contributed by atoms with Crippen LogP contribution < -0.4 is 5.32 Å². The highest BCUT2D eigenvalue weighted by Crippen LogP contribution is 2.32. The van der Waals surface area contributed by atoms with Gasteiger partial charge in [0, 0.05) is 16.7 Å². The maximum Gasteiger partial charge on any atom is 0.221 e. The van der Waals surface area contributed by atoms with Crippen molar-refractivity contribution in [2.75, 3.05) is 5.32 Å². The standard InChI is InChI=1S/C10H13NO2S/c1-5(12)9-6(2)14-7(3)10(9)11-8(4)13/h1-4H3,(H,11,13). The van der Waals surface area contributed by atoms with Gasteiger partial charge in [0.2, 0.25) is 5.91 Å². The molecule has 4 heteroatoms. The van der Waals surface area contributed by atoms with Crippen molar-refractivity contribution in [3.05, 3.63) is 15.3 Å². The molecule has 76 valence electrons. The minimum Gasteiger partial charge on any atom is -0.325 e. The predicted molar refractivity (Wildman–Crippen MR) is 58.1 cm³/mol. The third-order valence-corrected chi connectivity index (χ3v) is 2.93. The van der Waals surface area contributed by atoms with E-state index in [1.54, 1.807) is 0 Å². The first-order valence-corrected chi connectivity index (χ1v) is 5.13. The highest BCUT2D eigenvalue weighted by molar-refractivity contribution is 7.12. The van der Waals surface area contributed by atoms with Crippen molar-refractivity contribution in [3.8, 4) is 0 Å². The summed E-state index contributed by atoms with van der Waals surface area (Å²) < 4.78 is 0. The van der Waals surface area contributed by atoms with Gasteiger partial charge in [-0.1, -0.05) is 0 Å². The number of thiophene rings is 1. The van der Waals surface area contributed by atoms with Gasteiger partial charge in [-0.15, -0.1) is 11.3 Å². The summed E-state index contributed by atoms with van der Waals surface area (Å²) in [5.41, 5.74) is 1.32. The van der Waals surface area contributed by atoms with Crippen molar-refractivity contribution in [3.63, 3.8) is 0 Å². The topological polar surface area (TPSA) is 46.2 Å². The number of amides is 1. The molecule has 0 saturated carbocycles. The van der Waals surface area contributed by atoms with Gasteiger partial charge in [-0.25, -0.2) is 0 Å². The summed E-state index contributed by atoms with van der Waals surface area (Å²) in [6.07, 6.45) is 0. The average molecular weight is 211 g/mol. The number of ketones is 1. The molecule has 1 aromatic rings. The molecule has 14 heavy (non-hydrogen) atoms. The summed E-state index contributed by atoms with van der Waals surface area (Å²) in [7, 11) is 0. The van der Waals surface area contributed by atoms with Crippen LogP contribution in [0.1, 0.15) is 34.0 Å². The Labute approximate surface area is 87.1 Å². The summed E-state index contributed by atoms with van der Waals surface area (Å²) in [5.74, 6) is -0.149. The number of anilines is 1. The minimum atomic E-state index is -0.145. The van der Waals surface area contributed by atoms with Crippen LogP contribution >= 0.6 is 11.3 Å². The molecule has 0 fully saturated rings. The Kier molecular flexibility index (Phi) is 3.06. The van der Waals surface area contributed by atoms with Crippen LogP contribution in [0.2, 0.25) is 0 Å². The first kappa shape index (κ1) is 10.9. The molecule has 0 atom stereocenters. The van der Waals surface area contributed by atoms with E-state index in [9.17, 15) is 9.59 Å². The summed E-state index contributed by atoms with van der Waals surface area (Å²) >= 11 is 1.53. The van der Waals surface area contributed by atoms with Gasteiger partial charge in [-0.05, 0) is 20.8 Å². The number of hydrogen-bond acceptors (Lipinski definition) is 3. The van der Waals surface area contributed by atoms with Gasteiger partial charge in [0.05, 0.1) is 11.3 Å². The van der Waals surface area contributed by atoms with Crippen molar-refractivity contribution >= 4 is 28.7 Å². The van der Waals surface area contributed by atoms with Crippen LogP contribution in [0.5, 0.6) is 0 Å². The maximum atomic E-state index is 11.3. The van der Waals surface area contributed by atoms with Crippen LogP contribution in [0.25, 0.3) is 0 Å². The molecule has 0 aromatic carbocycles. The van der Waals surface area contributed by atoms with Gasteiger partial charge >= 0.3 is 0 Å². The number of Topliss-reactive ketones (excluding diaryl/α,β-unsaturated/α-hetero) is 1. The van der Waals surface area contributed by atoms with Crippen molar-refractivity contribution in [2.45, 2.75) is 27.7 Å². The Balaban J connectivity index is 3.24. The normalized spacial score (nSPS) is 10.0. The first-order chi connectivity index (χ1) is 6.43. The van der Waals surface area contributed by atoms with Crippen LogP contribution in [0.15, 0.2) is 0 Å². The van der Waals surface area contributed by atoms with Crippen molar-refractivity contribution < 1.29 is 9.59 Å². The van der Waals surface area contributed by atoms with Crippen LogP contribution in [-0.2, 0) is 4.79 Å². The lowest BCUT2D eigenvalue weighted by atomic mass is 10.1. The Hall–Kier alpha value is -1.16. The zero-order valence-corrected chi connectivity index (χ0v) is 9.54. The number of carbonyl (C=O) groups is 2. The fourth-order valence-electron chi connectivity index (χ4n) is 1.43. The molecule has 1 heterocycles. The van der Waals surface area contributed by atoms with E-state index in [0.717, 1.165) is 9.75 Å². The number of rotatable bonds is 2. The van der Waals surface area contributed by atoms with E-state index < -0.39 is 0 Å². The second-order valence-electron chi connectivity index (χ2n) is 3.20. The smallest absolute Gasteiger partial charge is 0.221 e. The van der Waals surface area contributed by atoms with Crippen molar-refractivity contribution in [1.82, 2.24) is 0 Å². The Bertz CT molecular complexity index is 393. The lowest BCUT2D eigenvalue weighted by Crippen LogP contribution is -2.09. The number of hydrogen-bond donors (Lipinski definition) is 1. The Morgan fingerprint density at radius 3 is 2.14 bits per heavy atom. The third-order valence-electron chi connectivity index (χ3n) is 1.91. The molecular formula is C10H13NO2S. The molecule has 1 aromatic heterocycles. The summed E-state index contributed by atoms with van der Waals surface area (Å²) in [6, 6.07) is 0. The lowest BCUT2D eigenvalue weighted by Gasteiger charge is -2.03. The summed E-state index contributed by atoms with van der Waals surface area (Å²) in [4.78, 5) is 24.2. The first-order valence-electron chi connectivity index (χ1n) is 4.32. The fraction of sp³-hybridized carbons (Fsp3) is 0.400. The fourth-order valence-corrected chi connectivity index (χ4v) is 2.50. The van der Waals surface area contributed by atoms with Crippen LogP contribution in [0, 0.1) is 13.8 Å². The molecule has 1 rings (SSSR count). The minimum absolute atomic E-state index is 0.00407. The van der Waals surface area contributed by atoms with E-state index in [4.69, 9.17) is 0 Å². The summed E-state index contributed by atoms with van der Waals surface area (Å²) in [6.45, 7) is 6.74. The SMILES string of the molecule is CC(=O)Nc1c(C)sc(C)c1C(C)=O. The van der Waals surface area contributed by atoms with Crippen LogP contribution in [0.4, 0.5) is 5.69 Å². The molecule has 0 radical (unpaired) electrons. The molecule has 0 spiro atoms. The van der Waals surface area contributed by atoms with Gasteiger partial charge in [-0.3, -0.25) is 9.59 Å². The van der Waals surface area contributed by atoms with Gasteiger partial charge in [0.25, 0.3) is 0 Å². The molecule has 1 amide bonds. The largest absolute Gasteiger partial charge is 0.325 e. The lowest BCUT2D eigenvalue weighted by molar-refractivity contribution is -0.114. The molecule has 0 aliphatic heterocycles. The van der Waals surface area contributed by atoms with Crippen molar-refractivity contribution in [1.29, 1.82) is 0 Å². The molecular weight excluding hydrogens is 198 g/mol. The van der Waals surface area contributed by atoms with Gasteiger partial charge in [-0.2, -0.15) is 0 Å².